The molecule has 4 rings (SSSR count). The lowest BCUT2D eigenvalue weighted by molar-refractivity contribution is -0.118. The van der Waals surface area contributed by atoms with Crippen molar-refractivity contribution in [3.8, 4) is 17.1 Å². The molecule has 1 heterocycles. The molecule has 0 fully saturated rings. The Bertz CT molecular complexity index is 1330. The Kier molecular flexibility index (Phi) is 7.67. The molecule has 6 nitrogen and oxygen atoms in total. The third kappa shape index (κ3) is 5.67. The molecule has 9 heteroatoms. The maximum Gasteiger partial charge on any atom is 0.250 e. The van der Waals surface area contributed by atoms with Gasteiger partial charge in [0.25, 0.3) is 5.91 Å². The summed E-state index contributed by atoms with van der Waals surface area (Å²) in [4.78, 5) is 12.5. The zero-order valence-electron chi connectivity index (χ0n) is 18.5. The highest BCUT2D eigenvalue weighted by Crippen LogP contribution is 2.28. The minimum atomic E-state index is -0.265. The second-order valence-corrected chi connectivity index (χ2v) is 9.27. The molecule has 1 aromatic heterocycles. The van der Waals surface area contributed by atoms with Crippen molar-refractivity contribution in [3.05, 3.63) is 94.0 Å². The van der Waals surface area contributed by atoms with Crippen molar-refractivity contribution in [3.63, 3.8) is 0 Å². The van der Waals surface area contributed by atoms with Gasteiger partial charge in [-0.2, -0.15) is 5.10 Å². The molecule has 0 aliphatic heterocycles. The Labute approximate surface area is 212 Å². The molecule has 1 amide bonds. The van der Waals surface area contributed by atoms with E-state index in [2.05, 4.69) is 20.7 Å². The second-order valence-electron chi connectivity index (χ2n) is 7.48. The number of amides is 1. The summed E-state index contributed by atoms with van der Waals surface area (Å²) >= 11 is 13.6. The number of rotatable bonds is 7. The standard InChI is InChI=1S/C25H21Cl2N5OS/c1-16-7-9-18(10-8-16)24-30-31-25(32(24)20-13-11-19(26)12-14-20)34-15-23(33)29-28-17(2)21-5-3-4-6-22(21)27/h3-14H,15H2,1-2H3,(H,29,33)/b28-17+. The summed E-state index contributed by atoms with van der Waals surface area (Å²) < 4.78 is 1.91. The normalized spacial score (nSPS) is 11.5. The summed E-state index contributed by atoms with van der Waals surface area (Å²) in [5.41, 5.74) is 6.89. The minimum Gasteiger partial charge on any atom is -0.272 e. The highest BCUT2D eigenvalue weighted by molar-refractivity contribution is 7.99. The van der Waals surface area contributed by atoms with E-state index < -0.39 is 0 Å². The number of thioether (sulfide) groups is 1. The van der Waals surface area contributed by atoms with Crippen LogP contribution in [0.5, 0.6) is 0 Å². The van der Waals surface area contributed by atoms with Crippen molar-refractivity contribution >= 4 is 46.6 Å². The highest BCUT2D eigenvalue weighted by atomic mass is 35.5. The number of hydrazone groups is 1. The van der Waals surface area contributed by atoms with E-state index in [-0.39, 0.29) is 11.7 Å². The first-order valence-corrected chi connectivity index (χ1v) is 12.2. The van der Waals surface area contributed by atoms with Gasteiger partial charge >= 0.3 is 0 Å². The number of aryl methyl sites for hydroxylation is 1. The van der Waals surface area contributed by atoms with Gasteiger partial charge in [0.2, 0.25) is 0 Å². The molecule has 0 unspecified atom stereocenters. The van der Waals surface area contributed by atoms with Gasteiger partial charge in [0.1, 0.15) is 0 Å². The van der Waals surface area contributed by atoms with Crippen LogP contribution in [0, 0.1) is 6.92 Å². The monoisotopic (exact) mass is 509 g/mol. The Balaban J connectivity index is 1.54. The largest absolute Gasteiger partial charge is 0.272 e. The van der Waals surface area contributed by atoms with E-state index >= 15 is 0 Å². The lowest BCUT2D eigenvalue weighted by Gasteiger charge is -2.11. The Morgan fingerprint density at radius 1 is 1.00 bits per heavy atom. The first kappa shape index (κ1) is 24.0. The van der Waals surface area contributed by atoms with E-state index in [1.54, 1.807) is 13.0 Å². The van der Waals surface area contributed by atoms with Crippen LogP contribution in [-0.4, -0.2) is 32.1 Å². The first-order valence-electron chi connectivity index (χ1n) is 10.4. The van der Waals surface area contributed by atoms with Gasteiger partial charge in [0.15, 0.2) is 11.0 Å². The zero-order chi connectivity index (χ0) is 24.1. The summed E-state index contributed by atoms with van der Waals surface area (Å²) in [6.45, 7) is 3.82. The maximum absolute atomic E-state index is 12.5. The van der Waals surface area contributed by atoms with Crippen molar-refractivity contribution in [2.45, 2.75) is 19.0 Å². The second kappa shape index (κ2) is 10.9. The van der Waals surface area contributed by atoms with Crippen molar-refractivity contribution in [2.75, 3.05) is 5.75 Å². The van der Waals surface area contributed by atoms with Crippen molar-refractivity contribution in [1.82, 2.24) is 20.2 Å². The van der Waals surface area contributed by atoms with Gasteiger partial charge in [0.05, 0.1) is 11.5 Å². The molecular weight excluding hydrogens is 489 g/mol. The zero-order valence-corrected chi connectivity index (χ0v) is 20.8. The van der Waals surface area contributed by atoms with Crippen LogP contribution in [0.2, 0.25) is 10.0 Å². The fourth-order valence-corrected chi connectivity index (χ4v) is 4.34. The number of nitrogens with zero attached hydrogens (tertiary/aromatic N) is 4. The fourth-order valence-electron chi connectivity index (χ4n) is 3.20. The molecule has 3 aromatic carbocycles. The van der Waals surface area contributed by atoms with Crippen LogP contribution in [0.15, 0.2) is 83.1 Å². The van der Waals surface area contributed by atoms with E-state index in [1.165, 1.54) is 11.8 Å². The number of benzene rings is 3. The number of halogens is 2. The molecule has 0 saturated carbocycles. The van der Waals surface area contributed by atoms with Gasteiger partial charge in [-0.05, 0) is 44.2 Å². The number of carbonyl (C=O) groups excluding carboxylic acids is 1. The molecule has 172 valence electrons. The molecular formula is C25H21Cl2N5OS. The van der Waals surface area contributed by atoms with Crippen LogP contribution in [0.1, 0.15) is 18.1 Å². The molecule has 34 heavy (non-hydrogen) atoms. The molecule has 4 aromatic rings. The van der Waals surface area contributed by atoms with Crippen LogP contribution >= 0.6 is 35.0 Å². The van der Waals surface area contributed by atoms with Crippen molar-refractivity contribution in [1.29, 1.82) is 0 Å². The third-order valence-corrected chi connectivity index (χ3v) is 6.48. The molecule has 0 aliphatic carbocycles. The molecule has 0 spiro atoms. The summed E-state index contributed by atoms with van der Waals surface area (Å²) in [5.74, 6) is 0.524. The SMILES string of the molecule is C/C(=N\NC(=O)CSc1nnc(-c2ccc(C)cc2)n1-c1ccc(Cl)cc1)c1ccccc1Cl. The first-order chi connectivity index (χ1) is 16.4. The summed E-state index contributed by atoms with van der Waals surface area (Å²) in [6, 6.07) is 22.8. The predicted octanol–water partition coefficient (Wildman–Crippen LogP) is 6.18. The molecule has 0 atom stereocenters. The number of carbonyl (C=O) groups is 1. The van der Waals surface area contributed by atoms with Crippen LogP contribution in [0.3, 0.4) is 0 Å². The van der Waals surface area contributed by atoms with Gasteiger partial charge in [0, 0.05) is 26.9 Å². The third-order valence-electron chi connectivity index (χ3n) is 4.97. The Morgan fingerprint density at radius 2 is 1.71 bits per heavy atom. The number of hydrogen-bond donors (Lipinski definition) is 1. The van der Waals surface area contributed by atoms with Crippen LogP contribution < -0.4 is 5.43 Å². The highest BCUT2D eigenvalue weighted by Gasteiger charge is 2.17. The van der Waals surface area contributed by atoms with E-state index in [0.717, 1.165) is 22.4 Å². The van der Waals surface area contributed by atoms with Crippen LogP contribution in [0.4, 0.5) is 0 Å². The van der Waals surface area contributed by atoms with E-state index in [0.29, 0.717) is 26.7 Å². The van der Waals surface area contributed by atoms with Crippen LogP contribution in [-0.2, 0) is 4.79 Å². The fraction of sp³-hybridized carbons (Fsp3) is 0.120. The van der Waals surface area contributed by atoms with Gasteiger partial charge in [-0.15, -0.1) is 10.2 Å². The summed E-state index contributed by atoms with van der Waals surface area (Å²) in [5, 5.41) is 14.7. The minimum absolute atomic E-state index is 0.110. The molecule has 1 N–H and O–H groups in total. The van der Waals surface area contributed by atoms with Gasteiger partial charge in [-0.1, -0.05) is 83.0 Å². The van der Waals surface area contributed by atoms with Gasteiger partial charge in [-0.25, -0.2) is 5.43 Å². The average molecular weight is 510 g/mol. The molecule has 0 radical (unpaired) electrons. The van der Waals surface area contributed by atoms with Crippen molar-refractivity contribution in [2.24, 2.45) is 5.10 Å². The number of nitrogens with one attached hydrogen (secondary N) is 1. The number of aromatic nitrogens is 3. The topological polar surface area (TPSA) is 72.2 Å². The average Bonchev–Trinajstić information content (AvgIpc) is 3.26. The van der Waals surface area contributed by atoms with Gasteiger partial charge < -0.3 is 0 Å². The van der Waals surface area contributed by atoms with E-state index in [1.807, 2.05) is 78.2 Å². The lowest BCUT2D eigenvalue weighted by Crippen LogP contribution is -2.21. The van der Waals surface area contributed by atoms with Gasteiger partial charge in [-0.3, -0.25) is 9.36 Å². The lowest BCUT2D eigenvalue weighted by atomic mass is 10.1. The van der Waals surface area contributed by atoms with E-state index in [4.69, 9.17) is 23.2 Å². The predicted molar refractivity (Wildman–Crippen MR) is 139 cm³/mol. The van der Waals surface area contributed by atoms with Crippen LogP contribution in [0.25, 0.3) is 17.1 Å². The van der Waals surface area contributed by atoms with E-state index in [9.17, 15) is 4.79 Å². The smallest absolute Gasteiger partial charge is 0.250 e. The summed E-state index contributed by atoms with van der Waals surface area (Å²) in [6.07, 6.45) is 0. The Morgan fingerprint density at radius 3 is 2.41 bits per heavy atom. The van der Waals surface area contributed by atoms with Crippen molar-refractivity contribution < 1.29 is 4.79 Å². The maximum atomic E-state index is 12.5. The number of hydrogen-bond acceptors (Lipinski definition) is 5. The molecule has 0 saturated heterocycles. The summed E-state index contributed by atoms with van der Waals surface area (Å²) in [7, 11) is 0. The Hall–Kier alpha value is -3.13. The molecule has 0 bridgehead atoms. The molecule has 0 aliphatic rings. The quantitative estimate of drug-likeness (QED) is 0.183.